The van der Waals surface area contributed by atoms with E-state index in [1.807, 2.05) is 44.2 Å². The van der Waals surface area contributed by atoms with Gasteiger partial charge in [0, 0.05) is 11.4 Å². The third-order valence-corrected chi connectivity index (χ3v) is 3.21. The van der Waals surface area contributed by atoms with Gasteiger partial charge in [0.25, 0.3) is 0 Å². The third kappa shape index (κ3) is 5.96. The van der Waals surface area contributed by atoms with Gasteiger partial charge in [0.15, 0.2) is 0 Å². The van der Waals surface area contributed by atoms with Gasteiger partial charge in [0.1, 0.15) is 23.8 Å². The molecule has 0 spiro atoms. The van der Waals surface area contributed by atoms with Crippen LogP contribution in [-0.4, -0.2) is 28.1 Å². The van der Waals surface area contributed by atoms with Crippen LogP contribution in [0.15, 0.2) is 41.6 Å². The van der Waals surface area contributed by atoms with Gasteiger partial charge >= 0.3 is 0 Å². The first-order valence-corrected chi connectivity index (χ1v) is 7.47. The molecule has 2 aromatic heterocycles. The molecule has 2 aromatic rings. The maximum Gasteiger partial charge on any atom is 0.141 e. The molecular formula is C17H22ClN5O. The lowest BCUT2D eigenvalue weighted by atomic mass is 10.2. The average molecular weight is 348 g/mol. The summed E-state index contributed by atoms with van der Waals surface area (Å²) in [6.07, 6.45) is 1.53. The zero-order valence-electron chi connectivity index (χ0n) is 13.8. The van der Waals surface area contributed by atoms with Crippen molar-refractivity contribution in [1.29, 1.82) is 5.41 Å². The number of nitrogen functional groups attached to an aromatic ring is 1. The van der Waals surface area contributed by atoms with Gasteiger partial charge in [-0.25, -0.2) is 4.98 Å². The number of amidine groups is 1. The van der Waals surface area contributed by atoms with E-state index in [2.05, 4.69) is 15.1 Å². The van der Waals surface area contributed by atoms with Crippen LogP contribution in [0.2, 0.25) is 0 Å². The van der Waals surface area contributed by atoms with E-state index in [1.54, 1.807) is 6.07 Å². The fraction of sp³-hybridized carbons (Fsp3) is 0.294. The number of halogens is 1. The molecule has 0 amide bonds. The second-order valence-electron chi connectivity index (χ2n) is 5.21. The summed E-state index contributed by atoms with van der Waals surface area (Å²) in [6.45, 7) is 4.31. The highest BCUT2D eigenvalue weighted by molar-refractivity contribution is 5.96. The summed E-state index contributed by atoms with van der Waals surface area (Å²) in [7, 11) is 0. The van der Waals surface area contributed by atoms with Crippen LogP contribution in [0.25, 0.3) is 0 Å². The monoisotopic (exact) mass is 347 g/mol. The molecule has 0 radical (unpaired) electrons. The van der Waals surface area contributed by atoms with Gasteiger partial charge in [-0.3, -0.25) is 10.4 Å². The molecule has 2 heterocycles. The van der Waals surface area contributed by atoms with Gasteiger partial charge in [0.05, 0.1) is 5.69 Å². The van der Waals surface area contributed by atoms with Crippen molar-refractivity contribution in [2.75, 3.05) is 6.61 Å². The van der Waals surface area contributed by atoms with Gasteiger partial charge < -0.3 is 10.6 Å². The van der Waals surface area contributed by atoms with E-state index >= 15 is 0 Å². The fourth-order valence-corrected chi connectivity index (χ4v) is 2.02. The second kappa shape index (κ2) is 9.62. The highest BCUT2D eigenvalue weighted by Gasteiger charge is 2.02. The van der Waals surface area contributed by atoms with Crippen LogP contribution in [0, 0.1) is 12.3 Å². The van der Waals surface area contributed by atoms with Crippen molar-refractivity contribution in [3.05, 3.63) is 59.2 Å². The smallest absolute Gasteiger partial charge is 0.141 e. The standard InChI is InChI=1S/C17H21N5O.ClH/c1-12-6-3-9-15(20-12)13(2)22-23-11-5-8-14-7-4-10-16(21-14)17(18)19;/h3-4,6-7,9-10H,5,8,11H2,1-2H3,(H3,18,19);1H/b22-13+;. The number of pyridine rings is 2. The summed E-state index contributed by atoms with van der Waals surface area (Å²) in [4.78, 5) is 14.0. The Labute approximate surface area is 148 Å². The zero-order valence-corrected chi connectivity index (χ0v) is 14.6. The molecule has 7 heteroatoms. The van der Waals surface area contributed by atoms with Gasteiger partial charge in [-0.05, 0) is 51.0 Å². The molecule has 128 valence electrons. The van der Waals surface area contributed by atoms with E-state index in [9.17, 15) is 0 Å². The minimum absolute atomic E-state index is 0. The molecule has 0 aliphatic carbocycles. The highest BCUT2D eigenvalue weighted by atomic mass is 35.5. The van der Waals surface area contributed by atoms with Crippen LogP contribution in [-0.2, 0) is 11.3 Å². The van der Waals surface area contributed by atoms with Crippen molar-refractivity contribution in [3.63, 3.8) is 0 Å². The Hall–Kier alpha value is -2.47. The number of hydrogen-bond donors (Lipinski definition) is 2. The number of nitrogens with one attached hydrogen (secondary N) is 1. The van der Waals surface area contributed by atoms with E-state index in [0.717, 1.165) is 35.6 Å². The van der Waals surface area contributed by atoms with Gasteiger partial charge in [-0.2, -0.15) is 0 Å². The minimum Gasteiger partial charge on any atom is -0.396 e. The summed E-state index contributed by atoms with van der Waals surface area (Å²) >= 11 is 0. The van der Waals surface area contributed by atoms with Crippen molar-refractivity contribution in [2.24, 2.45) is 10.9 Å². The number of aromatic nitrogens is 2. The second-order valence-corrected chi connectivity index (χ2v) is 5.21. The first-order chi connectivity index (χ1) is 11.1. The maximum absolute atomic E-state index is 7.39. The van der Waals surface area contributed by atoms with Crippen LogP contribution in [0.3, 0.4) is 0 Å². The minimum atomic E-state index is -0.0195. The summed E-state index contributed by atoms with van der Waals surface area (Å²) < 4.78 is 0. The third-order valence-electron chi connectivity index (χ3n) is 3.21. The molecule has 0 aromatic carbocycles. The van der Waals surface area contributed by atoms with E-state index in [0.29, 0.717) is 12.3 Å². The normalized spacial score (nSPS) is 10.8. The molecule has 0 atom stereocenters. The molecule has 3 N–H and O–H groups in total. The predicted octanol–water partition coefficient (Wildman–Crippen LogP) is 2.86. The topological polar surface area (TPSA) is 97.2 Å². The van der Waals surface area contributed by atoms with Crippen molar-refractivity contribution in [2.45, 2.75) is 26.7 Å². The Balaban J connectivity index is 0.00000288. The molecule has 0 saturated heterocycles. The molecule has 0 aliphatic rings. The van der Waals surface area contributed by atoms with E-state index in [-0.39, 0.29) is 18.2 Å². The van der Waals surface area contributed by atoms with Crippen molar-refractivity contribution in [1.82, 2.24) is 9.97 Å². The largest absolute Gasteiger partial charge is 0.396 e. The quantitative estimate of drug-likeness (QED) is 0.348. The number of rotatable bonds is 7. The molecule has 0 fully saturated rings. The summed E-state index contributed by atoms with van der Waals surface area (Å²) in [5, 5.41) is 11.5. The maximum atomic E-state index is 7.39. The van der Waals surface area contributed by atoms with E-state index < -0.39 is 0 Å². The lowest BCUT2D eigenvalue weighted by Gasteiger charge is -2.04. The number of hydrogen-bond acceptors (Lipinski definition) is 5. The molecule has 6 nitrogen and oxygen atoms in total. The Bertz CT molecular complexity index is 718. The molecule has 0 aliphatic heterocycles. The van der Waals surface area contributed by atoms with Crippen molar-refractivity contribution >= 4 is 24.0 Å². The average Bonchev–Trinajstić information content (AvgIpc) is 2.54. The lowest BCUT2D eigenvalue weighted by molar-refractivity contribution is 0.141. The summed E-state index contributed by atoms with van der Waals surface area (Å²) in [5.41, 5.74) is 9.35. The van der Waals surface area contributed by atoms with Crippen LogP contribution in [0.1, 0.15) is 36.1 Å². The summed E-state index contributed by atoms with van der Waals surface area (Å²) in [6, 6.07) is 11.3. The molecule has 2 rings (SSSR count). The predicted molar refractivity (Wildman–Crippen MR) is 98.0 cm³/mol. The number of oxime groups is 1. The Morgan fingerprint density at radius 1 is 1.17 bits per heavy atom. The number of aryl methyl sites for hydroxylation is 2. The molecule has 0 unspecified atom stereocenters. The molecular weight excluding hydrogens is 326 g/mol. The molecule has 24 heavy (non-hydrogen) atoms. The first-order valence-electron chi connectivity index (χ1n) is 7.47. The van der Waals surface area contributed by atoms with Gasteiger partial charge in [-0.15, -0.1) is 12.4 Å². The van der Waals surface area contributed by atoms with Gasteiger partial charge in [-0.1, -0.05) is 17.3 Å². The Morgan fingerprint density at radius 3 is 2.58 bits per heavy atom. The first kappa shape index (κ1) is 19.6. The lowest BCUT2D eigenvalue weighted by Crippen LogP contribution is -2.13. The van der Waals surface area contributed by atoms with Gasteiger partial charge in [0.2, 0.25) is 0 Å². The van der Waals surface area contributed by atoms with E-state index in [1.165, 1.54) is 0 Å². The van der Waals surface area contributed by atoms with Crippen molar-refractivity contribution < 1.29 is 4.84 Å². The zero-order chi connectivity index (χ0) is 16.7. The molecule has 0 bridgehead atoms. The summed E-state index contributed by atoms with van der Waals surface area (Å²) in [5.74, 6) is -0.0195. The highest BCUT2D eigenvalue weighted by Crippen LogP contribution is 2.04. The van der Waals surface area contributed by atoms with Crippen LogP contribution in [0.5, 0.6) is 0 Å². The van der Waals surface area contributed by atoms with Crippen LogP contribution < -0.4 is 5.73 Å². The number of nitrogens with zero attached hydrogens (tertiary/aromatic N) is 3. The fourth-order valence-electron chi connectivity index (χ4n) is 2.02. The Kier molecular flexibility index (Phi) is 7.85. The van der Waals surface area contributed by atoms with E-state index in [4.69, 9.17) is 16.0 Å². The number of nitrogens with two attached hydrogens (primary N) is 1. The molecule has 0 saturated carbocycles. The SMILES string of the molecule is C/C(=N\OCCCc1cccc(C(=N)N)n1)c1cccc(C)n1.Cl. The van der Waals surface area contributed by atoms with Crippen LogP contribution >= 0.6 is 12.4 Å². The van der Waals surface area contributed by atoms with Crippen molar-refractivity contribution in [3.8, 4) is 0 Å². The Morgan fingerprint density at radius 2 is 1.88 bits per heavy atom. The van der Waals surface area contributed by atoms with Crippen LogP contribution in [0.4, 0.5) is 0 Å².